The number of aryl methyl sites for hydroxylation is 1. The van der Waals surface area contributed by atoms with E-state index in [1.165, 1.54) is 34.1 Å². The van der Waals surface area contributed by atoms with Gasteiger partial charge in [0.1, 0.15) is 5.75 Å². The molecule has 10 heteroatoms. The largest absolute Gasteiger partial charge is 0.426 e. The maximum absolute atomic E-state index is 13.2. The van der Waals surface area contributed by atoms with Crippen molar-refractivity contribution in [1.82, 2.24) is 0 Å². The van der Waals surface area contributed by atoms with Crippen LogP contribution in [0.15, 0.2) is 42.5 Å². The number of amides is 3. The van der Waals surface area contributed by atoms with Gasteiger partial charge in [-0.2, -0.15) is 0 Å². The van der Waals surface area contributed by atoms with E-state index >= 15 is 0 Å². The molecule has 4 aliphatic rings. The number of esters is 1. The lowest BCUT2D eigenvalue weighted by Crippen LogP contribution is -2.33. The van der Waals surface area contributed by atoms with Crippen LogP contribution in [0.4, 0.5) is 17.1 Å². The predicted octanol–water partition coefficient (Wildman–Crippen LogP) is 3.40. The van der Waals surface area contributed by atoms with Gasteiger partial charge in [0.15, 0.2) is 0 Å². The minimum Gasteiger partial charge on any atom is -0.426 e. The molecule has 5 atom stereocenters. The third-order valence-corrected chi connectivity index (χ3v) is 8.39. The van der Waals surface area contributed by atoms with E-state index < -0.39 is 16.8 Å². The first-order chi connectivity index (χ1) is 17.7. The molecule has 2 saturated heterocycles. The molecule has 190 valence electrons. The summed E-state index contributed by atoms with van der Waals surface area (Å²) in [4.78, 5) is 64.7. The Morgan fingerprint density at radius 3 is 2.24 bits per heavy atom. The molecule has 37 heavy (non-hydrogen) atoms. The van der Waals surface area contributed by atoms with Gasteiger partial charge in [-0.25, -0.2) is 4.90 Å². The molecule has 2 aliphatic carbocycles. The molecule has 2 saturated carbocycles. The summed E-state index contributed by atoms with van der Waals surface area (Å²) in [5.41, 5.74) is 1.56. The fourth-order valence-electron chi connectivity index (χ4n) is 6.66. The lowest BCUT2D eigenvalue weighted by molar-refractivity contribution is -0.384. The van der Waals surface area contributed by atoms with Crippen molar-refractivity contribution in [2.45, 2.75) is 32.6 Å². The van der Waals surface area contributed by atoms with E-state index in [2.05, 4.69) is 0 Å². The molecule has 0 radical (unpaired) electrons. The van der Waals surface area contributed by atoms with Gasteiger partial charge in [-0.15, -0.1) is 0 Å². The van der Waals surface area contributed by atoms with Gasteiger partial charge in [0.2, 0.25) is 17.7 Å². The molecule has 2 bridgehead atoms. The van der Waals surface area contributed by atoms with Crippen LogP contribution in [0.25, 0.3) is 0 Å². The molecule has 0 N–H and O–H groups in total. The van der Waals surface area contributed by atoms with E-state index in [4.69, 9.17) is 4.74 Å². The number of rotatable bonds is 5. The molecule has 0 aromatic heterocycles. The SMILES string of the molecule is Cc1cc(OC(=O)[C@@H]2CC(=O)N(c3ccc([N+](=O)[O-])cc3)C2)ccc1N1C(=O)[C@H]2[C@H]3CC[C@@H](C3)[C@@H]2C1=O. The van der Waals surface area contributed by atoms with Gasteiger partial charge < -0.3 is 9.64 Å². The second kappa shape index (κ2) is 8.50. The summed E-state index contributed by atoms with van der Waals surface area (Å²) in [6.07, 6.45) is 2.96. The number of hydrogen-bond donors (Lipinski definition) is 0. The molecular weight excluding hydrogens is 478 g/mol. The van der Waals surface area contributed by atoms with Gasteiger partial charge in [-0.05, 0) is 73.9 Å². The Morgan fingerprint density at radius 1 is 1.00 bits per heavy atom. The second-order valence-electron chi connectivity index (χ2n) is 10.4. The van der Waals surface area contributed by atoms with Crippen molar-refractivity contribution >= 4 is 40.8 Å². The highest BCUT2D eigenvalue weighted by Gasteiger charge is 2.61. The Kier molecular flexibility index (Phi) is 5.36. The van der Waals surface area contributed by atoms with Crippen molar-refractivity contribution < 1.29 is 28.8 Å². The Morgan fingerprint density at radius 2 is 1.65 bits per heavy atom. The Labute approximate surface area is 212 Å². The monoisotopic (exact) mass is 503 g/mol. The number of non-ortho nitro benzene ring substituents is 1. The summed E-state index contributed by atoms with van der Waals surface area (Å²) >= 11 is 0. The number of fused-ring (bicyclic) bond motifs is 5. The number of hydrogen-bond acceptors (Lipinski definition) is 7. The van der Waals surface area contributed by atoms with Crippen LogP contribution in [0.1, 0.15) is 31.2 Å². The van der Waals surface area contributed by atoms with Crippen LogP contribution < -0.4 is 14.5 Å². The first-order valence-corrected chi connectivity index (χ1v) is 12.5. The first-order valence-electron chi connectivity index (χ1n) is 12.5. The van der Waals surface area contributed by atoms with Crippen LogP contribution in [-0.2, 0) is 19.2 Å². The zero-order chi connectivity index (χ0) is 26.0. The maximum atomic E-state index is 13.2. The number of carbonyl (C=O) groups is 4. The van der Waals surface area contributed by atoms with E-state index in [1.54, 1.807) is 25.1 Å². The summed E-state index contributed by atoms with van der Waals surface area (Å²) in [5.74, 6) is -1.31. The van der Waals surface area contributed by atoms with Gasteiger partial charge in [-0.1, -0.05) is 0 Å². The molecule has 0 spiro atoms. The molecule has 3 amide bonds. The fourth-order valence-corrected chi connectivity index (χ4v) is 6.66. The maximum Gasteiger partial charge on any atom is 0.316 e. The molecule has 2 aromatic carbocycles. The molecule has 2 heterocycles. The summed E-state index contributed by atoms with van der Waals surface area (Å²) < 4.78 is 5.56. The van der Waals surface area contributed by atoms with Crippen LogP contribution in [-0.4, -0.2) is 35.2 Å². The predicted molar refractivity (Wildman–Crippen MR) is 131 cm³/mol. The molecule has 6 rings (SSSR count). The normalized spacial score (nSPS) is 28.2. The zero-order valence-electron chi connectivity index (χ0n) is 20.2. The topological polar surface area (TPSA) is 127 Å². The van der Waals surface area contributed by atoms with Gasteiger partial charge in [0.05, 0.1) is 28.4 Å². The van der Waals surface area contributed by atoms with Crippen molar-refractivity contribution in [1.29, 1.82) is 0 Å². The average Bonchev–Trinajstić information content (AvgIpc) is 3.63. The number of anilines is 2. The quantitative estimate of drug-likeness (QED) is 0.201. The standard InChI is InChI=1S/C27H25N3O7/c1-14-10-20(8-9-21(14)29-25(32)23-15-2-3-16(11-15)24(23)26(29)33)37-27(34)17-12-22(31)28(13-17)18-4-6-19(7-5-18)30(35)36/h4-10,15-17,23-24H,2-3,11-13H2,1H3/t15-,16-,17+,23-,24-/m0/s1. The lowest BCUT2D eigenvalue weighted by atomic mass is 9.81. The highest BCUT2D eigenvalue weighted by Crippen LogP contribution is 2.56. The summed E-state index contributed by atoms with van der Waals surface area (Å²) in [5, 5.41) is 10.9. The number of nitro groups is 1. The number of ether oxygens (including phenoxy) is 1. The van der Waals surface area contributed by atoms with Crippen molar-refractivity contribution in [2.75, 3.05) is 16.3 Å². The highest BCUT2D eigenvalue weighted by atomic mass is 16.6. The zero-order valence-corrected chi connectivity index (χ0v) is 20.2. The molecule has 2 aliphatic heterocycles. The van der Waals surface area contributed by atoms with Gasteiger partial charge >= 0.3 is 5.97 Å². The minimum atomic E-state index is -0.695. The van der Waals surface area contributed by atoms with Gasteiger partial charge in [0.25, 0.3) is 5.69 Å². The summed E-state index contributed by atoms with van der Waals surface area (Å²) in [6.45, 7) is 1.87. The Balaban J connectivity index is 1.14. The van der Waals surface area contributed by atoms with Crippen LogP contribution in [0.2, 0.25) is 0 Å². The number of benzene rings is 2. The third-order valence-electron chi connectivity index (χ3n) is 8.39. The van der Waals surface area contributed by atoms with Crippen molar-refractivity contribution in [3.8, 4) is 5.75 Å². The van der Waals surface area contributed by atoms with E-state index in [-0.39, 0.29) is 54.0 Å². The molecule has 0 unspecified atom stereocenters. The molecule has 2 aromatic rings. The summed E-state index contributed by atoms with van der Waals surface area (Å²) in [6, 6.07) is 10.4. The summed E-state index contributed by atoms with van der Waals surface area (Å²) in [7, 11) is 0. The van der Waals surface area contributed by atoms with E-state index in [0.29, 0.717) is 28.8 Å². The fraction of sp³-hybridized carbons (Fsp3) is 0.407. The van der Waals surface area contributed by atoms with Gasteiger partial charge in [-0.3, -0.25) is 29.3 Å². The number of imide groups is 1. The average molecular weight is 504 g/mol. The number of nitrogens with zero attached hydrogens (tertiary/aromatic N) is 3. The first kappa shape index (κ1) is 23.3. The van der Waals surface area contributed by atoms with E-state index in [9.17, 15) is 29.3 Å². The van der Waals surface area contributed by atoms with Crippen molar-refractivity contribution in [2.24, 2.45) is 29.6 Å². The van der Waals surface area contributed by atoms with Crippen LogP contribution in [0, 0.1) is 46.6 Å². The Bertz CT molecular complexity index is 1330. The third kappa shape index (κ3) is 3.70. The smallest absolute Gasteiger partial charge is 0.316 e. The number of carbonyl (C=O) groups excluding carboxylic acids is 4. The van der Waals surface area contributed by atoms with Crippen LogP contribution in [0.5, 0.6) is 5.75 Å². The van der Waals surface area contributed by atoms with Crippen molar-refractivity contribution in [3.05, 3.63) is 58.1 Å². The van der Waals surface area contributed by atoms with Crippen LogP contribution >= 0.6 is 0 Å². The van der Waals surface area contributed by atoms with Crippen LogP contribution in [0.3, 0.4) is 0 Å². The van der Waals surface area contributed by atoms with E-state index in [1.807, 2.05) is 0 Å². The lowest BCUT2D eigenvalue weighted by Gasteiger charge is -2.20. The van der Waals surface area contributed by atoms with E-state index in [0.717, 1.165) is 19.3 Å². The molecular formula is C27H25N3O7. The van der Waals surface area contributed by atoms with Gasteiger partial charge in [0, 0.05) is 30.8 Å². The highest BCUT2D eigenvalue weighted by molar-refractivity contribution is 6.23. The number of nitro benzene ring substituents is 1. The molecule has 4 fully saturated rings. The van der Waals surface area contributed by atoms with Crippen molar-refractivity contribution in [3.63, 3.8) is 0 Å². The second-order valence-corrected chi connectivity index (χ2v) is 10.4. The molecule has 10 nitrogen and oxygen atoms in total. The Hall–Kier alpha value is -4.08. The minimum absolute atomic E-state index is 0.0330.